The molecule has 0 amide bonds. The standard InChI is InChI=1S/C16H17BrN2O2/c1-11(16(18)12-5-3-2-4-6-12)9-13-7-8-14(19(20)21)10-15(13)17/h2-8,10-11,16H,9,18H2,1H3. The Morgan fingerprint density at radius 3 is 2.48 bits per heavy atom. The lowest BCUT2D eigenvalue weighted by Gasteiger charge is -2.21. The number of nitro groups is 1. The number of halogens is 1. The molecule has 2 N–H and O–H groups in total. The van der Waals surface area contributed by atoms with E-state index in [9.17, 15) is 10.1 Å². The Morgan fingerprint density at radius 1 is 1.24 bits per heavy atom. The molecule has 0 aliphatic heterocycles. The van der Waals surface area contributed by atoms with Gasteiger partial charge in [-0.2, -0.15) is 0 Å². The van der Waals surface area contributed by atoms with Crippen LogP contribution in [0, 0.1) is 16.0 Å². The minimum atomic E-state index is -0.395. The van der Waals surface area contributed by atoms with E-state index in [1.807, 2.05) is 30.3 Å². The predicted octanol–water partition coefficient (Wildman–Crippen LogP) is 4.24. The van der Waals surface area contributed by atoms with Crippen LogP contribution in [0.1, 0.15) is 24.1 Å². The van der Waals surface area contributed by atoms with Crippen LogP contribution < -0.4 is 5.73 Å². The number of hydrogen-bond acceptors (Lipinski definition) is 3. The van der Waals surface area contributed by atoms with Gasteiger partial charge < -0.3 is 5.73 Å². The molecular formula is C16H17BrN2O2. The lowest BCUT2D eigenvalue weighted by molar-refractivity contribution is -0.384. The van der Waals surface area contributed by atoms with E-state index in [-0.39, 0.29) is 17.6 Å². The Labute approximate surface area is 132 Å². The predicted molar refractivity (Wildman–Crippen MR) is 87.0 cm³/mol. The van der Waals surface area contributed by atoms with Crippen LogP contribution >= 0.6 is 15.9 Å². The molecule has 5 heteroatoms. The smallest absolute Gasteiger partial charge is 0.270 e. The summed E-state index contributed by atoms with van der Waals surface area (Å²) in [5, 5.41) is 10.7. The summed E-state index contributed by atoms with van der Waals surface area (Å²) in [5.41, 5.74) is 8.51. The normalized spacial score (nSPS) is 13.7. The SMILES string of the molecule is CC(Cc1ccc([N+](=O)[O-])cc1Br)C(N)c1ccccc1. The van der Waals surface area contributed by atoms with E-state index in [0.29, 0.717) is 0 Å². The summed E-state index contributed by atoms with van der Waals surface area (Å²) in [6.45, 7) is 2.09. The molecule has 0 fully saturated rings. The maximum atomic E-state index is 10.7. The van der Waals surface area contributed by atoms with Crippen molar-refractivity contribution in [2.24, 2.45) is 11.7 Å². The van der Waals surface area contributed by atoms with Crippen molar-refractivity contribution in [2.45, 2.75) is 19.4 Å². The van der Waals surface area contributed by atoms with Crippen LogP contribution in [-0.2, 0) is 6.42 Å². The number of hydrogen-bond donors (Lipinski definition) is 1. The fourth-order valence-electron chi connectivity index (χ4n) is 2.29. The van der Waals surface area contributed by atoms with Gasteiger partial charge in [0, 0.05) is 22.6 Å². The van der Waals surface area contributed by atoms with Crippen molar-refractivity contribution in [3.8, 4) is 0 Å². The van der Waals surface area contributed by atoms with Gasteiger partial charge in [-0.1, -0.05) is 59.3 Å². The first-order valence-corrected chi connectivity index (χ1v) is 7.51. The average Bonchev–Trinajstić information content (AvgIpc) is 2.49. The van der Waals surface area contributed by atoms with E-state index in [0.717, 1.165) is 22.0 Å². The highest BCUT2D eigenvalue weighted by atomic mass is 79.9. The molecule has 0 aliphatic carbocycles. The van der Waals surface area contributed by atoms with Gasteiger partial charge in [-0.25, -0.2) is 0 Å². The molecule has 0 spiro atoms. The Kier molecular flexibility index (Phi) is 5.09. The summed E-state index contributed by atoms with van der Waals surface area (Å²) in [5.74, 6) is 0.227. The number of non-ortho nitro benzene ring substituents is 1. The molecule has 2 aromatic carbocycles. The van der Waals surface area contributed by atoms with Gasteiger partial charge in [-0.15, -0.1) is 0 Å². The lowest BCUT2D eigenvalue weighted by Crippen LogP contribution is -2.21. The van der Waals surface area contributed by atoms with Gasteiger partial charge in [0.25, 0.3) is 5.69 Å². The fourth-order valence-corrected chi connectivity index (χ4v) is 2.82. The third-order valence-corrected chi connectivity index (χ3v) is 4.33. The molecule has 21 heavy (non-hydrogen) atoms. The van der Waals surface area contributed by atoms with Crippen molar-refractivity contribution in [1.29, 1.82) is 0 Å². The van der Waals surface area contributed by atoms with E-state index in [1.54, 1.807) is 6.07 Å². The number of nitro benzene ring substituents is 1. The second-order valence-corrected chi connectivity index (χ2v) is 6.01. The van der Waals surface area contributed by atoms with E-state index in [2.05, 4.69) is 22.9 Å². The van der Waals surface area contributed by atoms with Crippen molar-refractivity contribution in [1.82, 2.24) is 0 Å². The van der Waals surface area contributed by atoms with Crippen LogP contribution in [0.15, 0.2) is 53.0 Å². The van der Waals surface area contributed by atoms with Crippen LogP contribution in [0.5, 0.6) is 0 Å². The molecule has 110 valence electrons. The summed E-state index contributed by atoms with van der Waals surface area (Å²) < 4.78 is 0.754. The van der Waals surface area contributed by atoms with Crippen LogP contribution in [0.3, 0.4) is 0 Å². The maximum absolute atomic E-state index is 10.7. The second-order valence-electron chi connectivity index (χ2n) is 5.15. The molecule has 0 saturated heterocycles. The Hall–Kier alpha value is -1.72. The van der Waals surface area contributed by atoms with Crippen molar-refractivity contribution in [3.63, 3.8) is 0 Å². The number of nitrogens with two attached hydrogens (primary N) is 1. The summed E-state index contributed by atoms with van der Waals surface area (Å²) >= 11 is 3.40. The Bertz CT molecular complexity index is 631. The van der Waals surface area contributed by atoms with E-state index in [1.165, 1.54) is 12.1 Å². The van der Waals surface area contributed by atoms with E-state index in [4.69, 9.17) is 5.73 Å². The van der Waals surface area contributed by atoms with Crippen LogP contribution in [0.2, 0.25) is 0 Å². The van der Waals surface area contributed by atoms with Gasteiger partial charge in [0.15, 0.2) is 0 Å². The number of nitrogens with zero attached hydrogens (tertiary/aromatic N) is 1. The summed E-state index contributed by atoms with van der Waals surface area (Å²) in [7, 11) is 0. The van der Waals surface area contributed by atoms with Crippen LogP contribution in [0.25, 0.3) is 0 Å². The second kappa shape index (κ2) is 6.83. The number of benzene rings is 2. The van der Waals surface area contributed by atoms with E-state index >= 15 is 0 Å². The topological polar surface area (TPSA) is 69.2 Å². The number of rotatable bonds is 5. The third kappa shape index (κ3) is 3.89. The Balaban J connectivity index is 2.12. The Morgan fingerprint density at radius 2 is 1.90 bits per heavy atom. The van der Waals surface area contributed by atoms with Gasteiger partial charge in [0.2, 0.25) is 0 Å². The van der Waals surface area contributed by atoms with Crippen molar-refractivity contribution < 1.29 is 4.92 Å². The van der Waals surface area contributed by atoms with Crippen molar-refractivity contribution >= 4 is 21.6 Å². The highest BCUT2D eigenvalue weighted by Gasteiger charge is 2.17. The van der Waals surface area contributed by atoms with Gasteiger partial charge in [-0.05, 0) is 23.5 Å². The lowest BCUT2D eigenvalue weighted by atomic mass is 9.90. The maximum Gasteiger partial charge on any atom is 0.270 e. The quantitative estimate of drug-likeness (QED) is 0.649. The van der Waals surface area contributed by atoms with Crippen molar-refractivity contribution in [2.75, 3.05) is 0 Å². The monoisotopic (exact) mass is 348 g/mol. The molecule has 0 aromatic heterocycles. The molecule has 2 aromatic rings. The molecule has 0 heterocycles. The largest absolute Gasteiger partial charge is 0.324 e. The van der Waals surface area contributed by atoms with Crippen LogP contribution in [0.4, 0.5) is 5.69 Å². The summed E-state index contributed by atoms with van der Waals surface area (Å²) in [6, 6.07) is 14.8. The zero-order valence-corrected chi connectivity index (χ0v) is 13.3. The van der Waals surface area contributed by atoms with E-state index < -0.39 is 4.92 Å². The highest BCUT2D eigenvalue weighted by Crippen LogP contribution is 2.28. The first-order chi connectivity index (χ1) is 9.99. The first kappa shape index (κ1) is 15.7. The molecule has 0 aliphatic rings. The molecule has 0 saturated carbocycles. The highest BCUT2D eigenvalue weighted by molar-refractivity contribution is 9.10. The van der Waals surface area contributed by atoms with Gasteiger partial charge >= 0.3 is 0 Å². The average molecular weight is 349 g/mol. The van der Waals surface area contributed by atoms with Crippen LogP contribution in [-0.4, -0.2) is 4.92 Å². The molecule has 2 unspecified atom stereocenters. The molecule has 0 radical (unpaired) electrons. The third-order valence-electron chi connectivity index (χ3n) is 3.59. The summed E-state index contributed by atoms with van der Waals surface area (Å²) in [4.78, 5) is 10.3. The zero-order valence-electron chi connectivity index (χ0n) is 11.7. The minimum Gasteiger partial charge on any atom is -0.324 e. The molecule has 2 rings (SSSR count). The molecular weight excluding hydrogens is 332 g/mol. The van der Waals surface area contributed by atoms with Gasteiger partial charge in [0.05, 0.1) is 4.92 Å². The van der Waals surface area contributed by atoms with Gasteiger partial charge in [0.1, 0.15) is 0 Å². The molecule has 2 atom stereocenters. The fraction of sp³-hybridized carbons (Fsp3) is 0.250. The molecule has 0 bridgehead atoms. The minimum absolute atomic E-state index is 0.0618. The van der Waals surface area contributed by atoms with Gasteiger partial charge in [-0.3, -0.25) is 10.1 Å². The van der Waals surface area contributed by atoms with Crippen molar-refractivity contribution in [3.05, 3.63) is 74.2 Å². The summed E-state index contributed by atoms with van der Waals surface area (Å²) in [6.07, 6.45) is 0.759. The first-order valence-electron chi connectivity index (χ1n) is 6.72. The molecule has 4 nitrogen and oxygen atoms in total. The zero-order chi connectivity index (χ0) is 15.4.